The summed E-state index contributed by atoms with van der Waals surface area (Å²) in [6.45, 7) is 1.88. The summed E-state index contributed by atoms with van der Waals surface area (Å²) in [7, 11) is -3.67. The molecule has 5 nitrogen and oxygen atoms in total. The van der Waals surface area contributed by atoms with Crippen LogP contribution in [-0.4, -0.2) is 36.9 Å². The molecule has 0 bridgehead atoms. The first kappa shape index (κ1) is 14.3. The van der Waals surface area contributed by atoms with Gasteiger partial charge in [0, 0.05) is 18.1 Å². The normalized spacial score (nSPS) is 20.6. The fourth-order valence-electron chi connectivity index (χ4n) is 2.15. The first-order valence-electron chi connectivity index (χ1n) is 5.82. The minimum Gasteiger partial charge on any atom is -0.481 e. The van der Waals surface area contributed by atoms with E-state index < -0.39 is 21.9 Å². The van der Waals surface area contributed by atoms with E-state index in [0.717, 1.165) is 0 Å². The summed E-state index contributed by atoms with van der Waals surface area (Å²) in [5.74, 6) is -1.59. The van der Waals surface area contributed by atoms with Gasteiger partial charge in [-0.05, 0) is 31.0 Å². The number of carboxylic acid groups (broad SMARTS) is 1. The zero-order chi connectivity index (χ0) is 14.2. The van der Waals surface area contributed by atoms with Gasteiger partial charge in [-0.25, -0.2) is 8.42 Å². The van der Waals surface area contributed by atoms with E-state index in [9.17, 15) is 13.2 Å². The lowest BCUT2D eigenvalue weighted by Crippen LogP contribution is -2.30. The summed E-state index contributed by atoms with van der Waals surface area (Å²) in [5, 5.41) is 9.31. The van der Waals surface area contributed by atoms with Gasteiger partial charge in [-0.2, -0.15) is 4.31 Å². The Morgan fingerprint density at radius 1 is 1.47 bits per heavy atom. The average Bonchev–Trinajstić information content (AvgIpc) is 2.82. The largest absolute Gasteiger partial charge is 0.481 e. The highest BCUT2D eigenvalue weighted by molar-refractivity contribution is 7.89. The maximum Gasteiger partial charge on any atom is 0.307 e. The van der Waals surface area contributed by atoms with E-state index in [1.807, 2.05) is 0 Å². The predicted octanol–water partition coefficient (Wildman–Crippen LogP) is 1.74. The Morgan fingerprint density at radius 2 is 2.16 bits per heavy atom. The highest BCUT2D eigenvalue weighted by atomic mass is 35.5. The molecule has 19 heavy (non-hydrogen) atoms. The Bertz CT molecular complexity index is 614. The van der Waals surface area contributed by atoms with Crippen LogP contribution in [0.3, 0.4) is 0 Å². The molecule has 1 aliphatic rings. The van der Waals surface area contributed by atoms with Crippen molar-refractivity contribution < 1.29 is 18.3 Å². The number of hydrogen-bond acceptors (Lipinski definition) is 3. The van der Waals surface area contributed by atoms with Crippen molar-refractivity contribution in [3.8, 4) is 0 Å². The fourth-order valence-corrected chi connectivity index (χ4v) is 4.13. The number of rotatable bonds is 3. The van der Waals surface area contributed by atoms with E-state index in [1.165, 1.54) is 10.4 Å². The predicted molar refractivity (Wildman–Crippen MR) is 70.7 cm³/mol. The second-order valence-electron chi connectivity index (χ2n) is 4.55. The second kappa shape index (κ2) is 5.11. The van der Waals surface area contributed by atoms with Gasteiger partial charge in [0.1, 0.15) is 0 Å². The average molecular weight is 304 g/mol. The molecule has 1 aliphatic heterocycles. The Balaban J connectivity index is 2.34. The third kappa shape index (κ3) is 2.61. The van der Waals surface area contributed by atoms with Crippen LogP contribution in [0.4, 0.5) is 0 Å². The molecule has 0 radical (unpaired) electrons. The lowest BCUT2D eigenvalue weighted by molar-refractivity contribution is -0.141. The molecule has 104 valence electrons. The highest BCUT2D eigenvalue weighted by Crippen LogP contribution is 2.29. The first-order chi connectivity index (χ1) is 8.84. The lowest BCUT2D eigenvalue weighted by Gasteiger charge is -2.17. The van der Waals surface area contributed by atoms with Gasteiger partial charge in [0.15, 0.2) is 0 Å². The number of halogens is 1. The van der Waals surface area contributed by atoms with Crippen molar-refractivity contribution in [1.29, 1.82) is 0 Å². The summed E-state index contributed by atoms with van der Waals surface area (Å²) in [5.41, 5.74) is 0.489. The number of aliphatic carboxylic acids is 1. The van der Waals surface area contributed by atoms with Crippen LogP contribution in [0.15, 0.2) is 23.1 Å². The summed E-state index contributed by atoms with van der Waals surface area (Å²) in [6, 6.07) is 4.69. The van der Waals surface area contributed by atoms with Gasteiger partial charge in [-0.3, -0.25) is 4.79 Å². The van der Waals surface area contributed by atoms with Crippen LogP contribution < -0.4 is 0 Å². The monoisotopic (exact) mass is 303 g/mol. The van der Waals surface area contributed by atoms with E-state index in [4.69, 9.17) is 16.7 Å². The van der Waals surface area contributed by atoms with Crippen LogP contribution in [0.2, 0.25) is 5.02 Å². The molecular weight excluding hydrogens is 290 g/mol. The number of sulfonamides is 1. The van der Waals surface area contributed by atoms with Crippen LogP contribution in [-0.2, 0) is 14.8 Å². The summed E-state index contributed by atoms with van der Waals surface area (Å²) in [4.78, 5) is 11.0. The molecule has 1 saturated heterocycles. The Hall–Kier alpha value is -1.11. The van der Waals surface area contributed by atoms with Crippen LogP contribution in [0, 0.1) is 12.8 Å². The highest BCUT2D eigenvalue weighted by Gasteiger charge is 2.36. The molecular formula is C12H14ClNO4S. The smallest absolute Gasteiger partial charge is 0.307 e. The van der Waals surface area contributed by atoms with Crippen LogP contribution in [0.25, 0.3) is 0 Å². The topological polar surface area (TPSA) is 74.7 Å². The standard InChI is InChI=1S/C12H14ClNO4S/c1-8-10(13)3-2-4-11(8)19(17,18)14-6-5-9(7-14)12(15)16/h2-4,9H,5-7H2,1H3,(H,15,16)/t9-/m0/s1. The molecule has 0 amide bonds. The van der Waals surface area contributed by atoms with Crippen molar-refractivity contribution in [3.63, 3.8) is 0 Å². The van der Waals surface area contributed by atoms with Gasteiger partial charge in [0.25, 0.3) is 0 Å². The van der Waals surface area contributed by atoms with E-state index in [2.05, 4.69) is 0 Å². The molecule has 7 heteroatoms. The third-order valence-electron chi connectivity index (χ3n) is 3.34. The number of carboxylic acids is 1. The van der Waals surface area contributed by atoms with Gasteiger partial charge in [0.2, 0.25) is 10.0 Å². The molecule has 0 spiro atoms. The molecule has 0 aliphatic carbocycles. The van der Waals surface area contributed by atoms with Crippen molar-refractivity contribution in [3.05, 3.63) is 28.8 Å². The Kier molecular flexibility index (Phi) is 3.85. The molecule has 0 unspecified atom stereocenters. The van der Waals surface area contributed by atoms with E-state index in [0.29, 0.717) is 17.0 Å². The second-order valence-corrected chi connectivity index (χ2v) is 6.86. The number of hydrogen-bond donors (Lipinski definition) is 1. The van der Waals surface area contributed by atoms with E-state index >= 15 is 0 Å². The molecule has 1 N–H and O–H groups in total. The number of nitrogens with zero attached hydrogens (tertiary/aromatic N) is 1. The van der Waals surface area contributed by atoms with E-state index in [1.54, 1.807) is 19.1 Å². The van der Waals surface area contributed by atoms with Crippen molar-refractivity contribution in [1.82, 2.24) is 4.31 Å². The van der Waals surface area contributed by atoms with Gasteiger partial charge in [-0.1, -0.05) is 17.7 Å². The quantitative estimate of drug-likeness (QED) is 0.923. The van der Waals surface area contributed by atoms with Crippen LogP contribution >= 0.6 is 11.6 Å². The zero-order valence-corrected chi connectivity index (χ0v) is 11.9. The molecule has 1 aromatic rings. The lowest BCUT2D eigenvalue weighted by atomic mass is 10.1. The van der Waals surface area contributed by atoms with Gasteiger partial charge in [0.05, 0.1) is 10.8 Å². The Labute approximate surface area is 116 Å². The molecule has 0 saturated carbocycles. The van der Waals surface area contributed by atoms with Gasteiger partial charge >= 0.3 is 5.97 Å². The van der Waals surface area contributed by atoms with E-state index in [-0.39, 0.29) is 18.0 Å². The fraction of sp³-hybridized carbons (Fsp3) is 0.417. The minimum absolute atomic E-state index is 0.0175. The number of benzene rings is 1. The van der Waals surface area contributed by atoms with Crippen molar-refractivity contribution in [2.24, 2.45) is 5.92 Å². The minimum atomic E-state index is -3.67. The maximum absolute atomic E-state index is 12.5. The summed E-state index contributed by atoms with van der Waals surface area (Å²) in [6.07, 6.45) is 0.341. The molecule has 0 aromatic heterocycles. The maximum atomic E-state index is 12.5. The SMILES string of the molecule is Cc1c(Cl)cccc1S(=O)(=O)N1CC[C@H](C(=O)O)C1. The molecule has 2 rings (SSSR count). The Morgan fingerprint density at radius 3 is 2.74 bits per heavy atom. The third-order valence-corrected chi connectivity index (χ3v) is 5.76. The van der Waals surface area contributed by atoms with Crippen molar-refractivity contribution in [2.45, 2.75) is 18.2 Å². The van der Waals surface area contributed by atoms with Crippen LogP contribution in [0.1, 0.15) is 12.0 Å². The summed E-state index contributed by atoms with van der Waals surface area (Å²) >= 11 is 5.93. The zero-order valence-electron chi connectivity index (χ0n) is 10.3. The van der Waals surface area contributed by atoms with Crippen molar-refractivity contribution in [2.75, 3.05) is 13.1 Å². The molecule has 1 heterocycles. The van der Waals surface area contributed by atoms with Gasteiger partial charge < -0.3 is 5.11 Å². The van der Waals surface area contributed by atoms with Crippen LogP contribution in [0.5, 0.6) is 0 Å². The van der Waals surface area contributed by atoms with Gasteiger partial charge in [-0.15, -0.1) is 0 Å². The molecule has 1 atom stereocenters. The molecule has 1 aromatic carbocycles. The number of carbonyl (C=O) groups is 1. The molecule has 1 fully saturated rings. The summed E-state index contributed by atoms with van der Waals surface area (Å²) < 4.78 is 26.1. The van der Waals surface area contributed by atoms with Crippen molar-refractivity contribution >= 4 is 27.6 Å². The first-order valence-corrected chi connectivity index (χ1v) is 7.64.